The Morgan fingerprint density at radius 2 is 1.64 bits per heavy atom. The molecule has 0 saturated carbocycles. The molecule has 0 saturated heterocycles. The number of aryl methyl sites for hydroxylation is 1. The van der Waals surface area contributed by atoms with Gasteiger partial charge in [0.1, 0.15) is 0 Å². The van der Waals surface area contributed by atoms with Crippen LogP contribution < -0.4 is 10.2 Å². The summed E-state index contributed by atoms with van der Waals surface area (Å²) in [7, 11) is 1.92. The van der Waals surface area contributed by atoms with Gasteiger partial charge < -0.3 is 10.2 Å². The Morgan fingerprint density at radius 3 is 2.28 bits per heavy atom. The first kappa shape index (κ1) is 16.6. The molecule has 126 valence electrons. The molecule has 1 amide bonds. The van der Waals surface area contributed by atoms with Gasteiger partial charge in [0, 0.05) is 31.7 Å². The van der Waals surface area contributed by atoms with Crippen LogP contribution in [0.5, 0.6) is 0 Å². The van der Waals surface area contributed by atoms with Gasteiger partial charge in [-0.3, -0.25) is 4.79 Å². The normalized spacial score (nSPS) is 10.3. The predicted molar refractivity (Wildman–Crippen MR) is 99.7 cm³/mol. The minimum atomic E-state index is -0.221. The van der Waals surface area contributed by atoms with E-state index in [4.69, 9.17) is 0 Å². The number of nitrogens with zero attached hydrogens (tertiary/aromatic N) is 3. The molecule has 0 fully saturated rings. The predicted octanol–water partition coefficient (Wildman–Crippen LogP) is 3.67. The fourth-order valence-corrected chi connectivity index (χ4v) is 2.40. The van der Waals surface area contributed by atoms with Crippen molar-refractivity contribution in [3.63, 3.8) is 0 Å². The van der Waals surface area contributed by atoms with Crippen LogP contribution in [0.1, 0.15) is 21.5 Å². The first-order valence-corrected chi connectivity index (χ1v) is 8.07. The molecule has 3 rings (SSSR count). The first-order valence-electron chi connectivity index (χ1n) is 8.07. The quantitative estimate of drug-likeness (QED) is 0.774. The zero-order chi connectivity index (χ0) is 17.6. The van der Waals surface area contributed by atoms with E-state index in [2.05, 4.69) is 27.4 Å². The molecular weight excluding hydrogens is 312 g/mol. The van der Waals surface area contributed by atoms with E-state index < -0.39 is 0 Å². The van der Waals surface area contributed by atoms with Crippen molar-refractivity contribution >= 4 is 17.5 Å². The summed E-state index contributed by atoms with van der Waals surface area (Å²) < 4.78 is 0. The lowest BCUT2D eigenvalue weighted by Gasteiger charge is -2.17. The van der Waals surface area contributed by atoms with Gasteiger partial charge in [0.05, 0.1) is 5.56 Å². The van der Waals surface area contributed by atoms with Crippen LogP contribution in [0, 0.1) is 6.92 Å². The number of carbonyl (C=O) groups excluding carboxylic acids is 1. The Morgan fingerprint density at radius 1 is 1.00 bits per heavy atom. The zero-order valence-electron chi connectivity index (χ0n) is 14.3. The topological polar surface area (TPSA) is 58.1 Å². The first-order chi connectivity index (χ1) is 12.1. The molecule has 0 spiro atoms. The highest BCUT2D eigenvalue weighted by Crippen LogP contribution is 2.13. The standard InChI is InChI=1S/C20H20N4O/c1-15-8-10-18(11-9-15)23-19(25)17-12-21-20(22-13-17)24(2)14-16-6-4-3-5-7-16/h3-13H,14H2,1-2H3,(H,23,25). The van der Waals surface area contributed by atoms with Crippen molar-refractivity contribution in [1.82, 2.24) is 9.97 Å². The van der Waals surface area contributed by atoms with E-state index in [0.29, 0.717) is 18.1 Å². The van der Waals surface area contributed by atoms with E-state index in [1.807, 2.05) is 61.3 Å². The van der Waals surface area contributed by atoms with Crippen LogP contribution in [0.25, 0.3) is 0 Å². The SMILES string of the molecule is Cc1ccc(NC(=O)c2cnc(N(C)Cc3ccccc3)nc2)cc1. The maximum absolute atomic E-state index is 12.3. The highest BCUT2D eigenvalue weighted by molar-refractivity contribution is 6.03. The van der Waals surface area contributed by atoms with Crippen molar-refractivity contribution in [3.8, 4) is 0 Å². The van der Waals surface area contributed by atoms with Gasteiger partial charge in [0.2, 0.25) is 5.95 Å². The highest BCUT2D eigenvalue weighted by Gasteiger charge is 2.10. The Bertz CT molecular complexity index is 830. The van der Waals surface area contributed by atoms with Gasteiger partial charge in [0.15, 0.2) is 0 Å². The minimum absolute atomic E-state index is 0.221. The van der Waals surface area contributed by atoms with Crippen LogP contribution in [0.15, 0.2) is 67.0 Å². The maximum atomic E-state index is 12.3. The molecule has 1 heterocycles. The molecule has 0 atom stereocenters. The van der Waals surface area contributed by atoms with Crippen molar-refractivity contribution < 1.29 is 4.79 Å². The number of nitrogens with one attached hydrogen (secondary N) is 1. The maximum Gasteiger partial charge on any atom is 0.258 e. The van der Waals surface area contributed by atoms with Crippen LogP contribution in [-0.2, 0) is 6.54 Å². The second-order valence-electron chi connectivity index (χ2n) is 5.93. The van der Waals surface area contributed by atoms with E-state index in [-0.39, 0.29) is 5.91 Å². The van der Waals surface area contributed by atoms with Gasteiger partial charge in [-0.2, -0.15) is 0 Å². The average molecular weight is 332 g/mol. The molecule has 0 unspecified atom stereocenters. The van der Waals surface area contributed by atoms with Gasteiger partial charge in [0.25, 0.3) is 5.91 Å². The second-order valence-corrected chi connectivity index (χ2v) is 5.93. The summed E-state index contributed by atoms with van der Waals surface area (Å²) in [5.41, 5.74) is 3.50. The van der Waals surface area contributed by atoms with E-state index in [1.165, 1.54) is 5.56 Å². The van der Waals surface area contributed by atoms with Crippen molar-refractivity contribution in [2.45, 2.75) is 13.5 Å². The number of amides is 1. The Labute approximate surface area is 147 Å². The summed E-state index contributed by atoms with van der Waals surface area (Å²) >= 11 is 0. The van der Waals surface area contributed by atoms with Crippen molar-refractivity contribution in [2.75, 3.05) is 17.3 Å². The lowest BCUT2D eigenvalue weighted by molar-refractivity contribution is 0.102. The molecule has 5 heteroatoms. The second kappa shape index (κ2) is 7.57. The summed E-state index contributed by atoms with van der Waals surface area (Å²) in [6.07, 6.45) is 3.10. The van der Waals surface area contributed by atoms with Gasteiger partial charge in [-0.05, 0) is 24.6 Å². The lowest BCUT2D eigenvalue weighted by Crippen LogP contribution is -2.20. The largest absolute Gasteiger partial charge is 0.340 e. The third-order valence-electron chi connectivity index (χ3n) is 3.81. The number of anilines is 2. The molecule has 0 aliphatic heterocycles. The van der Waals surface area contributed by atoms with Gasteiger partial charge >= 0.3 is 0 Å². The molecule has 2 aromatic carbocycles. The zero-order valence-corrected chi connectivity index (χ0v) is 14.3. The fourth-order valence-electron chi connectivity index (χ4n) is 2.40. The summed E-state index contributed by atoms with van der Waals surface area (Å²) in [6.45, 7) is 2.71. The van der Waals surface area contributed by atoms with E-state index >= 15 is 0 Å². The monoisotopic (exact) mass is 332 g/mol. The summed E-state index contributed by atoms with van der Waals surface area (Å²) in [6, 6.07) is 17.8. The van der Waals surface area contributed by atoms with Crippen molar-refractivity contribution in [2.24, 2.45) is 0 Å². The summed E-state index contributed by atoms with van der Waals surface area (Å²) in [5, 5.41) is 2.84. The van der Waals surface area contributed by atoms with Crippen LogP contribution in [0.4, 0.5) is 11.6 Å². The third kappa shape index (κ3) is 4.41. The summed E-state index contributed by atoms with van der Waals surface area (Å²) in [5.74, 6) is 0.358. The van der Waals surface area contributed by atoms with Crippen molar-refractivity contribution in [1.29, 1.82) is 0 Å². The van der Waals surface area contributed by atoms with Crippen LogP contribution in [-0.4, -0.2) is 22.9 Å². The molecular formula is C20H20N4O. The smallest absolute Gasteiger partial charge is 0.258 e. The molecule has 1 N–H and O–H groups in total. The van der Waals surface area contributed by atoms with Crippen LogP contribution >= 0.6 is 0 Å². The molecule has 25 heavy (non-hydrogen) atoms. The molecule has 0 radical (unpaired) electrons. The Kier molecular flexibility index (Phi) is 5.04. The van der Waals surface area contributed by atoms with Gasteiger partial charge in [-0.25, -0.2) is 9.97 Å². The Balaban J connectivity index is 1.65. The molecule has 5 nitrogen and oxygen atoms in total. The number of hydrogen-bond donors (Lipinski definition) is 1. The number of benzene rings is 2. The van der Waals surface area contributed by atoms with Gasteiger partial charge in [-0.15, -0.1) is 0 Å². The molecule has 0 aliphatic rings. The number of rotatable bonds is 5. The van der Waals surface area contributed by atoms with E-state index in [9.17, 15) is 4.79 Å². The number of hydrogen-bond acceptors (Lipinski definition) is 4. The minimum Gasteiger partial charge on any atom is -0.340 e. The third-order valence-corrected chi connectivity index (χ3v) is 3.81. The summed E-state index contributed by atoms with van der Waals surface area (Å²) in [4.78, 5) is 22.8. The Hall–Kier alpha value is -3.21. The average Bonchev–Trinajstić information content (AvgIpc) is 2.64. The molecule has 0 bridgehead atoms. The van der Waals surface area contributed by atoms with E-state index in [0.717, 1.165) is 11.3 Å². The van der Waals surface area contributed by atoms with Crippen molar-refractivity contribution in [3.05, 3.63) is 83.7 Å². The lowest BCUT2D eigenvalue weighted by atomic mass is 10.2. The molecule has 3 aromatic rings. The highest BCUT2D eigenvalue weighted by atomic mass is 16.1. The van der Waals surface area contributed by atoms with Crippen LogP contribution in [0.2, 0.25) is 0 Å². The fraction of sp³-hybridized carbons (Fsp3) is 0.150. The van der Waals surface area contributed by atoms with Crippen LogP contribution in [0.3, 0.4) is 0 Å². The molecule has 0 aliphatic carbocycles. The number of aromatic nitrogens is 2. The number of carbonyl (C=O) groups is 1. The van der Waals surface area contributed by atoms with Gasteiger partial charge in [-0.1, -0.05) is 48.0 Å². The van der Waals surface area contributed by atoms with E-state index in [1.54, 1.807) is 12.4 Å². The molecule has 1 aromatic heterocycles.